The monoisotopic (exact) mass is 644 g/mol. The van der Waals surface area contributed by atoms with E-state index in [-0.39, 0.29) is 12.6 Å². The molecule has 0 fully saturated rings. The molecule has 45 heavy (non-hydrogen) atoms. The molecule has 0 aromatic heterocycles. The largest absolute Gasteiger partial charge is 0.498 e. The lowest BCUT2D eigenvalue weighted by Gasteiger charge is -2.21. The number of amides is 2. The van der Waals surface area contributed by atoms with Crippen LogP contribution < -0.4 is 31.0 Å². The summed E-state index contributed by atoms with van der Waals surface area (Å²) >= 11 is 6.32. The van der Waals surface area contributed by atoms with Gasteiger partial charge in [-0.15, -0.1) is 0 Å². The van der Waals surface area contributed by atoms with Gasteiger partial charge in [0.1, 0.15) is 35.9 Å². The van der Waals surface area contributed by atoms with Crippen LogP contribution in [0.15, 0.2) is 30.3 Å². The first-order valence-electron chi connectivity index (χ1n) is 15.0. The van der Waals surface area contributed by atoms with Crippen molar-refractivity contribution in [3.05, 3.63) is 46.5 Å². The van der Waals surface area contributed by atoms with E-state index >= 15 is 0 Å². The fourth-order valence-electron chi connectivity index (χ4n) is 5.23. The van der Waals surface area contributed by atoms with Crippen molar-refractivity contribution in [1.29, 1.82) is 0 Å². The van der Waals surface area contributed by atoms with Gasteiger partial charge in [0.2, 0.25) is 0 Å². The number of alkyl carbamates (subject to hydrolysis) is 2. The van der Waals surface area contributed by atoms with Gasteiger partial charge in [-0.3, -0.25) is 0 Å². The predicted molar refractivity (Wildman–Crippen MR) is 168 cm³/mol. The number of ether oxygens (including phenoxy) is 4. The third-order valence-corrected chi connectivity index (χ3v) is 7.22. The second-order valence-electron chi connectivity index (χ2n) is 12.7. The molecule has 242 valence electrons. The maximum atomic E-state index is 11.8. The Labute approximate surface area is 268 Å². The van der Waals surface area contributed by atoms with Gasteiger partial charge in [-0.05, 0) is 65.3 Å². The Morgan fingerprint density at radius 3 is 1.91 bits per heavy atom. The van der Waals surface area contributed by atoms with Gasteiger partial charge in [-0.25, -0.2) is 9.59 Å². The van der Waals surface area contributed by atoms with E-state index in [4.69, 9.17) is 49.2 Å². The van der Waals surface area contributed by atoms with Crippen LogP contribution in [0.2, 0.25) is 5.02 Å². The second-order valence-corrected chi connectivity index (χ2v) is 13.2. The van der Waals surface area contributed by atoms with Gasteiger partial charge in [0.05, 0.1) is 25.4 Å². The molecule has 2 aromatic carbocycles. The predicted octanol–water partition coefficient (Wildman–Crippen LogP) is 3.43. The zero-order chi connectivity index (χ0) is 32.4. The van der Waals surface area contributed by atoms with E-state index in [1.165, 1.54) is 0 Å². The number of halogens is 1. The Morgan fingerprint density at radius 1 is 0.778 bits per heavy atom. The van der Waals surface area contributed by atoms with Crippen molar-refractivity contribution < 1.29 is 47.2 Å². The Bertz CT molecular complexity index is 1400. The highest BCUT2D eigenvalue weighted by atomic mass is 35.5. The molecule has 6 rings (SSSR count). The fourth-order valence-corrected chi connectivity index (χ4v) is 5.52. The average Bonchev–Trinajstić information content (AvgIpc) is 3.33. The summed E-state index contributed by atoms with van der Waals surface area (Å²) in [4.78, 5) is 23.6. The van der Waals surface area contributed by atoms with Crippen LogP contribution in [0.5, 0.6) is 11.5 Å². The number of carbonyl (C=O) groups excluding carboxylic acids is 2. The Hall–Kier alpha value is -3.16. The molecule has 12 nitrogen and oxygen atoms in total. The van der Waals surface area contributed by atoms with Crippen molar-refractivity contribution in [2.75, 3.05) is 39.5 Å². The molecule has 2 aromatic rings. The third-order valence-electron chi connectivity index (χ3n) is 6.89. The van der Waals surface area contributed by atoms with Crippen LogP contribution in [0.3, 0.4) is 0 Å². The Morgan fingerprint density at radius 2 is 1.31 bits per heavy atom. The topological polar surface area (TPSA) is 132 Å². The first-order chi connectivity index (χ1) is 21.3. The van der Waals surface area contributed by atoms with Gasteiger partial charge in [-0.1, -0.05) is 23.7 Å². The molecule has 0 radical (unpaired) electrons. The first kappa shape index (κ1) is 33.2. The lowest BCUT2D eigenvalue weighted by atomic mass is 9.78. The smallest absolute Gasteiger partial charge is 0.492 e. The third kappa shape index (κ3) is 8.36. The molecular formula is C30H39B2ClN2O10. The van der Waals surface area contributed by atoms with Crippen LogP contribution >= 0.6 is 11.6 Å². The first-order valence-corrected chi connectivity index (χ1v) is 15.4. The van der Waals surface area contributed by atoms with E-state index in [2.05, 4.69) is 10.6 Å². The van der Waals surface area contributed by atoms with Gasteiger partial charge in [0.25, 0.3) is 0 Å². The van der Waals surface area contributed by atoms with Crippen molar-refractivity contribution in [2.45, 2.75) is 65.0 Å². The summed E-state index contributed by atoms with van der Waals surface area (Å²) in [5.41, 5.74) is 2.45. The van der Waals surface area contributed by atoms with Crippen molar-refractivity contribution in [2.24, 2.45) is 0 Å². The number of hydrogen-bond acceptors (Lipinski definition) is 10. The lowest BCUT2D eigenvalue weighted by molar-refractivity contribution is 0.0485. The molecule has 0 saturated heterocycles. The quantitative estimate of drug-likeness (QED) is 0.478. The molecule has 2 amide bonds. The standard InChI is InChI=1S/C15H19BClNO5.C15H20BNO5/c1-15(2,3)22-14(19)18-8-11-12-9(17)4-5-10-13(12)16(23-11)21-7-6-20-10;1-15(2,3)21-14(18)17-9-12-10-5-4-6-11-13(10)16(22-12)20-8-7-19-11/h4-5,11H,6-8H2,1-3H3,(H,18,19);4-6,12H,7-9H2,1-3H3,(H,17,18)/t11-;12-/m11/s1. The molecule has 0 bridgehead atoms. The number of nitrogens with one attached hydrogen (secondary N) is 2. The molecule has 15 heteroatoms. The van der Waals surface area contributed by atoms with E-state index in [9.17, 15) is 9.59 Å². The normalized spacial score (nSPS) is 19.8. The van der Waals surface area contributed by atoms with E-state index in [1.807, 2.05) is 65.8 Å². The SMILES string of the molecule is CC(C)(C)OC(=O)NC[C@H]1OB2OCCOc3ccc(Cl)c1c32.CC(C)(C)OC(=O)NC[C@H]1OB2OCCOc3cccc1c32. The Balaban J connectivity index is 0.000000178. The molecule has 0 aliphatic carbocycles. The molecule has 0 saturated carbocycles. The highest BCUT2D eigenvalue weighted by Gasteiger charge is 2.43. The molecule has 4 heterocycles. The highest BCUT2D eigenvalue weighted by Crippen LogP contribution is 2.35. The maximum Gasteiger partial charge on any atom is 0.498 e. The minimum absolute atomic E-state index is 0.241. The van der Waals surface area contributed by atoms with Gasteiger partial charge >= 0.3 is 26.4 Å². The molecule has 4 aliphatic heterocycles. The summed E-state index contributed by atoms with van der Waals surface area (Å²) in [5, 5.41) is 6.01. The van der Waals surface area contributed by atoms with Crippen LogP contribution in [0, 0.1) is 0 Å². The van der Waals surface area contributed by atoms with Crippen LogP contribution in [-0.4, -0.2) is 77.1 Å². The van der Waals surface area contributed by atoms with Crippen LogP contribution in [0.4, 0.5) is 9.59 Å². The van der Waals surface area contributed by atoms with Crippen molar-refractivity contribution in [1.82, 2.24) is 10.6 Å². The van der Waals surface area contributed by atoms with Crippen LogP contribution in [-0.2, 0) is 28.1 Å². The summed E-state index contributed by atoms with van der Waals surface area (Å²) in [6.07, 6.45) is -1.63. The summed E-state index contributed by atoms with van der Waals surface area (Å²) in [7, 11) is -0.953. The molecule has 2 atom stereocenters. The minimum Gasteiger partial charge on any atom is -0.492 e. The van der Waals surface area contributed by atoms with E-state index in [0.29, 0.717) is 43.7 Å². The molecule has 0 unspecified atom stereocenters. The van der Waals surface area contributed by atoms with Gasteiger partial charge < -0.3 is 48.2 Å². The van der Waals surface area contributed by atoms with Gasteiger partial charge in [-0.2, -0.15) is 0 Å². The zero-order valence-corrected chi connectivity index (χ0v) is 27.2. The van der Waals surface area contributed by atoms with Crippen LogP contribution in [0.1, 0.15) is 64.9 Å². The number of hydrogen-bond donors (Lipinski definition) is 2. The highest BCUT2D eigenvalue weighted by molar-refractivity contribution is 6.65. The zero-order valence-electron chi connectivity index (χ0n) is 26.4. The summed E-state index contributed by atoms with van der Waals surface area (Å²) < 4.78 is 44.9. The Kier molecular flexibility index (Phi) is 10.1. The molecular weight excluding hydrogens is 605 g/mol. The molecule has 2 N–H and O–H groups in total. The van der Waals surface area contributed by atoms with E-state index in [1.54, 1.807) is 6.07 Å². The average molecular weight is 645 g/mol. The fraction of sp³-hybridized carbons (Fsp3) is 0.533. The summed E-state index contributed by atoms with van der Waals surface area (Å²) in [5.74, 6) is 1.51. The second kappa shape index (κ2) is 13.7. The molecule has 0 spiro atoms. The number of rotatable bonds is 4. The number of carbonyl (C=O) groups is 2. The molecule has 4 aliphatic rings. The summed E-state index contributed by atoms with van der Waals surface area (Å²) in [6, 6.07) is 9.39. The number of benzene rings is 2. The van der Waals surface area contributed by atoms with Crippen molar-refractivity contribution in [3.8, 4) is 11.5 Å². The van der Waals surface area contributed by atoms with Gasteiger partial charge in [0.15, 0.2) is 0 Å². The van der Waals surface area contributed by atoms with E-state index < -0.39 is 43.7 Å². The van der Waals surface area contributed by atoms with Crippen molar-refractivity contribution >= 4 is 48.9 Å². The van der Waals surface area contributed by atoms with E-state index in [0.717, 1.165) is 27.8 Å². The van der Waals surface area contributed by atoms with Crippen molar-refractivity contribution in [3.63, 3.8) is 0 Å². The lowest BCUT2D eigenvalue weighted by Crippen LogP contribution is -2.35. The summed E-state index contributed by atoms with van der Waals surface area (Å²) in [6.45, 7) is 13.4. The van der Waals surface area contributed by atoms with Gasteiger partial charge in [0, 0.05) is 34.6 Å². The maximum absolute atomic E-state index is 11.8. The minimum atomic E-state index is -0.552. The van der Waals surface area contributed by atoms with Crippen LogP contribution in [0.25, 0.3) is 0 Å².